The number of methoxy groups -OCH3 is 1. The Balaban J connectivity index is 1.98. The van der Waals surface area contributed by atoms with Gasteiger partial charge in [0.15, 0.2) is 5.78 Å². The monoisotopic (exact) mass is 316 g/mol. The minimum Gasteiger partial charge on any atom is -0.495 e. The van der Waals surface area contributed by atoms with Gasteiger partial charge in [0, 0.05) is 24.7 Å². The molecule has 0 saturated heterocycles. The van der Waals surface area contributed by atoms with E-state index in [1.54, 1.807) is 12.1 Å². The minimum atomic E-state index is 0.0273. The normalized spacial score (nSPS) is 21.4. The second-order valence-corrected chi connectivity index (χ2v) is 5.82. The molecule has 3 nitrogen and oxygen atoms in total. The first-order valence-electron chi connectivity index (χ1n) is 6.73. The number of Topliss-reactive ketones (excluding diaryl/α,β-unsaturated/α-hetero) is 1. The molecule has 0 unspecified atom stereocenters. The van der Waals surface area contributed by atoms with Crippen molar-refractivity contribution in [2.24, 2.45) is 5.92 Å². The van der Waals surface area contributed by atoms with E-state index in [1.807, 2.05) is 6.92 Å². The lowest BCUT2D eigenvalue weighted by Gasteiger charge is -2.34. The number of ether oxygens (including phenoxy) is 2. The van der Waals surface area contributed by atoms with E-state index in [9.17, 15) is 4.79 Å². The molecule has 0 atom stereocenters. The second-order valence-electron chi connectivity index (χ2n) is 5.01. The maximum Gasteiger partial charge on any atom is 0.164 e. The van der Waals surface area contributed by atoms with E-state index in [4.69, 9.17) is 32.7 Å². The van der Waals surface area contributed by atoms with E-state index in [-0.39, 0.29) is 5.78 Å². The Labute approximate surface area is 129 Å². The lowest BCUT2D eigenvalue weighted by atomic mass is 9.78. The Bertz CT molecular complexity index is 496. The van der Waals surface area contributed by atoms with Gasteiger partial charge in [-0.2, -0.15) is 0 Å². The third-order valence-electron chi connectivity index (χ3n) is 3.61. The maximum atomic E-state index is 12.3. The number of carbonyl (C=O) groups excluding carboxylic acids is 1. The predicted molar refractivity (Wildman–Crippen MR) is 80.1 cm³/mol. The van der Waals surface area contributed by atoms with E-state index >= 15 is 0 Å². The zero-order valence-electron chi connectivity index (χ0n) is 11.6. The fourth-order valence-corrected chi connectivity index (χ4v) is 2.98. The standard InChI is InChI=1S/C15H18Cl2O3/c1-3-20-10-4-9(5-10)6-14(18)11-7-13(17)15(19-2)8-12(11)16/h7-10H,3-6H2,1-2H3. The van der Waals surface area contributed by atoms with Gasteiger partial charge in [-0.05, 0) is 31.7 Å². The molecule has 110 valence electrons. The largest absolute Gasteiger partial charge is 0.495 e. The molecule has 0 N–H and O–H groups in total. The number of ketones is 1. The first kappa shape index (κ1) is 15.6. The fourth-order valence-electron chi connectivity index (χ4n) is 2.48. The molecule has 1 aliphatic carbocycles. The molecule has 0 spiro atoms. The second kappa shape index (κ2) is 6.79. The van der Waals surface area contributed by atoms with Crippen LogP contribution < -0.4 is 4.74 Å². The van der Waals surface area contributed by atoms with Crippen molar-refractivity contribution in [3.63, 3.8) is 0 Å². The van der Waals surface area contributed by atoms with Crippen molar-refractivity contribution in [3.05, 3.63) is 27.7 Å². The molecule has 2 rings (SSSR count). The Hall–Kier alpha value is -0.770. The molecular formula is C15H18Cl2O3. The number of halogens is 2. The lowest BCUT2D eigenvalue weighted by Crippen LogP contribution is -2.32. The third-order valence-corrected chi connectivity index (χ3v) is 4.22. The highest BCUT2D eigenvalue weighted by Crippen LogP contribution is 2.36. The Morgan fingerprint density at radius 1 is 1.30 bits per heavy atom. The lowest BCUT2D eigenvalue weighted by molar-refractivity contribution is -0.0246. The Morgan fingerprint density at radius 2 is 2.00 bits per heavy atom. The van der Waals surface area contributed by atoms with Gasteiger partial charge in [-0.25, -0.2) is 0 Å². The van der Waals surface area contributed by atoms with Crippen molar-refractivity contribution in [1.29, 1.82) is 0 Å². The first-order chi connectivity index (χ1) is 9.55. The average molecular weight is 317 g/mol. The molecule has 0 aromatic heterocycles. The molecular weight excluding hydrogens is 299 g/mol. The van der Waals surface area contributed by atoms with Crippen LogP contribution in [0.3, 0.4) is 0 Å². The molecule has 1 aromatic carbocycles. The zero-order chi connectivity index (χ0) is 14.7. The highest BCUT2D eigenvalue weighted by molar-refractivity contribution is 6.36. The summed E-state index contributed by atoms with van der Waals surface area (Å²) in [5, 5.41) is 0.790. The molecule has 20 heavy (non-hydrogen) atoms. The van der Waals surface area contributed by atoms with Gasteiger partial charge in [0.2, 0.25) is 0 Å². The summed E-state index contributed by atoms with van der Waals surface area (Å²) in [5.74, 6) is 0.892. The molecule has 1 aliphatic rings. The van der Waals surface area contributed by atoms with Gasteiger partial charge >= 0.3 is 0 Å². The highest BCUT2D eigenvalue weighted by atomic mass is 35.5. The summed E-state index contributed by atoms with van der Waals surface area (Å²) in [5.41, 5.74) is 0.470. The average Bonchev–Trinajstić information content (AvgIpc) is 2.38. The van der Waals surface area contributed by atoms with Crippen molar-refractivity contribution in [3.8, 4) is 5.75 Å². The van der Waals surface area contributed by atoms with Crippen molar-refractivity contribution in [2.45, 2.75) is 32.3 Å². The van der Waals surface area contributed by atoms with E-state index in [0.717, 1.165) is 19.4 Å². The highest BCUT2D eigenvalue weighted by Gasteiger charge is 2.31. The minimum absolute atomic E-state index is 0.0273. The van der Waals surface area contributed by atoms with Gasteiger partial charge in [-0.3, -0.25) is 4.79 Å². The molecule has 0 aliphatic heterocycles. The van der Waals surface area contributed by atoms with Gasteiger partial charge in [0.05, 0.1) is 23.3 Å². The van der Waals surface area contributed by atoms with Crippen LogP contribution in [0.5, 0.6) is 5.75 Å². The molecule has 1 saturated carbocycles. The van der Waals surface area contributed by atoms with Crippen LogP contribution in [0.1, 0.15) is 36.5 Å². The van der Waals surface area contributed by atoms with Crippen LogP contribution in [0.15, 0.2) is 12.1 Å². The number of benzene rings is 1. The number of rotatable bonds is 6. The van der Waals surface area contributed by atoms with Crippen LogP contribution >= 0.6 is 23.2 Å². The summed E-state index contributed by atoms with van der Waals surface area (Å²) in [4.78, 5) is 12.3. The van der Waals surface area contributed by atoms with Crippen LogP contribution in [0.2, 0.25) is 10.0 Å². The third kappa shape index (κ3) is 3.46. The van der Waals surface area contributed by atoms with Gasteiger partial charge in [-0.1, -0.05) is 23.2 Å². The number of hydrogen-bond acceptors (Lipinski definition) is 3. The van der Waals surface area contributed by atoms with Gasteiger partial charge in [0.25, 0.3) is 0 Å². The maximum absolute atomic E-state index is 12.3. The Kier molecular flexibility index (Phi) is 5.30. The summed E-state index contributed by atoms with van der Waals surface area (Å²) in [6.45, 7) is 2.71. The molecule has 5 heteroatoms. The first-order valence-corrected chi connectivity index (χ1v) is 7.48. The summed E-state index contributed by atoms with van der Waals surface area (Å²) in [6, 6.07) is 3.17. The van der Waals surface area contributed by atoms with Crippen molar-refractivity contribution < 1.29 is 14.3 Å². The van der Waals surface area contributed by atoms with Crippen LogP contribution in [-0.4, -0.2) is 25.6 Å². The van der Waals surface area contributed by atoms with Crippen molar-refractivity contribution in [2.75, 3.05) is 13.7 Å². The van der Waals surface area contributed by atoms with Gasteiger partial charge in [0.1, 0.15) is 5.75 Å². The van der Waals surface area contributed by atoms with E-state index in [0.29, 0.717) is 39.8 Å². The topological polar surface area (TPSA) is 35.5 Å². The summed E-state index contributed by atoms with van der Waals surface area (Å²) >= 11 is 12.2. The van der Waals surface area contributed by atoms with E-state index in [1.165, 1.54) is 7.11 Å². The smallest absolute Gasteiger partial charge is 0.164 e. The van der Waals surface area contributed by atoms with Crippen molar-refractivity contribution in [1.82, 2.24) is 0 Å². The summed E-state index contributed by atoms with van der Waals surface area (Å²) < 4.78 is 10.6. The summed E-state index contributed by atoms with van der Waals surface area (Å²) in [7, 11) is 1.52. The molecule has 1 aromatic rings. The molecule has 0 radical (unpaired) electrons. The number of carbonyl (C=O) groups is 1. The SMILES string of the molecule is CCOC1CC(CC(=O)c2cc(Cl)c(OC)cc2Cl)C1. The van der Waals surface area contributed by atoms with E-state index in [2.05, 4.69) is 0 Å². The van der Waals surface area contributed by atoms with Crippen LogP contribution in [-0.2, 0) is 4.74 Å². The zero-order valence-corrected chi connectivity index (χ0v) is 13.1. The fraction of sp³-hybridized carbons (Fsp3) is 0.533. The molecule has 1 fully saturated rings. The van der Waals surface area contributed by atoms with Gasteiger partial charge < -0.3 is 9.47 Å². The van der Waals surface area contributed by atoms with Gasteiger partial charge in [-0.15, -0.1) is 0 Å². The van der Waals surface area contributed by atoms with Crippen molar-refractivity contribution >= 4 is 29.0 Å². The molecule has 0 heterocycles. The molecule has 0 amide bonds. The Morgan fingerprint density at radius 3 is 2.60 bits per heavy atom. The molecule has 0 bridgehead atoms. The quantitative estimate of drug-likeness (QED) is 0.730. The number of hydrogen-bond donors (Lipinski definition) is 0. The predicted octanol–water partition coefficient (Wildman–Crippen LogP) is 4.39. The summed E-state index contributed by atoms with van der Waals surface area (Å²) in [6.07, 6.45) is 2.70. The van der Waals surface area contributed by atoms with Crippen LogP contribution in [0.25, 0.3) is 0 Å². The van der Waals surface area contributed by atoms with Crippen LogP contribution in [0.4, 0.5) is 0 Å². The van der Waals surface area contributed by atoms with E-state index < -0.39 is 0 Å². The van der Waals surface area contributed by atoms with Crippen LogP contribution in [0, 0.1) is 5.92 Å².